The van der Waals surface area contributed by atoms with Gasteiger partial charge >= 0.3 is 0 Å². The third-order valence-corrected chi connectivity index (χ3v) is 5.81. The fraction of sp³-hybridized carbons (Fsp3) is 0.0952. The summed E-state index contributed by atoms with van der Waals surface area (Å²) in [6.07, 6.45) is 0. The topological polar surface area (TPSA) is 86.9 Å². The Morgan fingerprint density at radius 1 is 0.929 bits per heavy atom. The van der Waals surface area contributed by atoms with E-state index >= 15 is 0 Å². The molecule has 0 saturated heterocycles. The Morgan fingerprint density at radius 2 is 1.64 bits per heavy atom. The summed E-state index contributed by atoms with van der Waals surface area (Å²) in [5, 5.41) is 3.22. The summed E-state index contributed by atoms with van der Waals surface area (Å²) in [5.41, 5.74) is 4.18. The van der Waals surface area contributed by atoms with Gasteiger partial charge in [0.2, 0.25) is 5.95 Å². The number of imidazole rings is 1. The Labute approximate surface area is 163 Å². The van der Waals surface area contributed by atoms with Crippen LogP contribution in [0.1, 0.15) is 11.1 Å². The van der Waals surface area contributed by atoms with Gasteiger partial charge in [0.15, 0.2) is 0 Å². The van der Waals surface area contributed by atoms with Gasteiger partial charge in [-0.2, -0.15) is 0 Å². The largest absolute Gasteiger partial charge is 0.352 e. The van der Waals surface area contributed by atoms with Crippen molar-refractivity contribution in [3.05, 3.63) is 83.9 Å². The van der Waals surface area contributed by atoms with Gasteiger partial charge in [-0.05, 0) is 42.8 Å². The molecule has 0 aliphatic carbocycles. The van der Waals surface area contributed by atoms with Gasteiger partial charge in [0.1, 0.15) is 0 Å². The molecule has 4 rings (SSSR count). The van der Waals surface area contributed by atoms with Crippen LogP contribution in [0.15, 0.2) is 77.7 Å². The van der Waals surface area contributed by atoms with Crippen LogP contribution in [0.25, 0.3) is 11.0 Å². The molecule has 6 nitrogen and oxygen atoms in total. The first-order valence-electron chi connectivity index (χ1n) is 8.87. The molecule has 0 saturated carbocycles. The SMILES string of the molecule is Cc1ccc(S(=O)(=O)Nc2ccccc2CNc2nc3ccccc3[nH]2)cc1. The fourth-order valence-corrected chi connectivity index (χ4v) is 4.01. The van der Waals surface area contributed by atoms with Crippen molar-refractivity contribution >= 4 is 32.7 Å². The summed E-state index contributed by atoms with van der Waals surface area (Å²) in [7, 11) is -3.66. The number of sulfonamides is 1. The standard InChI is InChI=1S/C21H20N4O2S/c1-15-10-12-17(13-11-15)28(26,27)25-18-7-3-2-6-16(18)14-22-21-23-19-8-4-5-9-20(19)24-21/h2-13,25H,14H2,1H3,(H2,22,23,24). The lowest BCUT2D eigenvalue weighted by molar-refractivity contribution is 0.601. The number of hydrogen-bond donors (Lipinski definition) is 3. The van der Waals surface area contributed by atoms with E-state index < -0.39 is 10.0 Å². The molecule has 142 valence electrons. The first-order chi connectivity index (χ1) is 13.5. The van der Waals surface area contributed by atoms with Crippen LogP contribution in [0.2, 0.25) is 0 Å². The van der Waals surface area contributed by atoms with Crippen LogP contribution in [0.5, 0.6) is 0 Å². The average molecular weight is 392 g/mol. The minimum absolute atomic E-state index is 0.234. The Hall–Kier alpha value is -3.32. The van der Waals surface area contributed by atoms with Crippen LogP contribution in [-0.2, 0) is 16.6 Å². The van der Waals surface area contributed by atoms with E-state index in [1.807, 2.05) is 43.3 Å². The molecule has 0 unspecified atom stereocenters. The van der Waals surface area contributed by atoms with Gasteiger partial charge in [-0.3, -0.25) is 4.72 Å². The Bertz CT molecular complexity index is 1180. The van der Waals surface area contributed by atoms with E-state index in [0.717, 1.165) is 22.2 Å². The number of fused-ring (bicyclic) bond motifs is 1. The molecule has 0 spiro atoms. The number of nitrogens with one attached hydrogen (secondary N) is 3. The number of nitrogens with zero attached hydrogens (tertiary/aromatic N) is 1. The van der Waals surface area contributed by atoms with Crippen molar-refractivity contribution in [3.8, 4) is 0 Å². The fourth-order valence-electron chi connectivity index (χ4n) is 2.91. The molecule has 0 fully saturated rings. The van der Waals surface area contributed by atoms with E-state index in [1.165, 1.54) is 0 Å². The van der Waals surface area contributed by atoms with Crippen molar-refractivity contribution in [1.29, 1.82) is 0 Å². The number of hydrogen-bond acceptors (Lipinski definition) is 4. The van der Waals surface area contributed by atoms with Crippen molar-refractivity contribution in [2.75, 3.05) is 10.0 Å². The predicted molar refractivity (Wildman–Crippen MR) is 112 cm³/mol. The molecular weight excluding hydrogens is 372 g/mol. The smallest absolute Gasteiger partial charge is 0.261 e. The second kappa shape index (κ2) is 7.36. The van der Waals surface area contributed by atoms with Crippen LogP contribution in [0.4, 0.5) is 11.6 Å². The van der Waals surface area contributed by atoms with E-state index in [-0.39, 0.29) is 4.90 Å². The van der Waals surface area contributed by atoms with Gasteiger partial charge in [0.05, 0.1) is 21.6 Å². The molecule has 0 radical (unpaired) electrons. The quantitative estimate of drug-likeness (QED) is 0.457. The maximum absolute atomic E-state index is 12.7. The highest BCUT2D eigenvalue weighted by Gasteiger charge is 2.15. The molecule has 0 aliphatic heterocycles. The lowest BCUT2D eigenvalue weighted by Gasteiger charge is -2.13. The van der Waals surface area contributed by atoms with Crippen LogP contribution in [0, 0.1) is 6.92 Å². The average Bonchev–Trinajstić information content (AvgIpc) is 3.10. The third-order valence-electron chi connectivity index (χ3n) is 4.43. The Morgan fingerprint density at radius 3 is 2.43 bits per heavy atom. The number of rotatable bonds is 6. The zero-order valence-corrected chi connectivity index (χ0v) is 16.1. The molecule has 28 heavy (non-hydrogen) atoms. The molecule has 7 heteroatoms. The summed E-state index contributed by atoms with van der Waals surface area (Å²) >= 11 is 0. The van der Waals surface area contributed by atoms with Gasteiger partial charge < -0.3 is 10.3 Å². The van der Waals surface area contributed by atoms with E-state index in [2.05, 4.69) is 20.0 Å². The van der Waals surface area contributed by atoms with Gasteiger partial charge in [0.25, 0.3) is 10.0 Å². The molecule has 0 bridgehead atoms. The van der Waals surface area contributed by atoms with Crippen molar-refractivity contribution in [2.24, 2.45) is 0 Å². The lowest BCUT2D eigenvalue weighted by Crippen LogP contribution is -2.15. The number of para-hydroxylation sites is 3. The van der Waals surface area contributed by atoms with E-state index in [1.54, 1.807) is 36.4 Å². The van der Waals surface area contributed by atoms with Crippen LogP contribution in [-0.4, -0.2) is 18.4 Å². The first kappa shape index (κ1) is 18.1. The summed E-state index contributed by atoms with van der Waals surface area (Å²) in [4.78, 5) is 7.92. The third kappa shape index (κ3) is 3.84. The van der Waals surface area contributed by atoms with Crippen molar-refractivity contribution in [3.63, 3.8) is 0 Å². The second-order valence-corrected chi connectivity index (χ2v) is 8.21. The lowest BCUT2D eigenvalue weighted by atomic mass is 10.2. The number of aromatic amines is 1. The maximum atomic E-state index is 12.7. The van der Waals surface area contributed by atoms with Crippen molar-refractivity contribution in [2.45, 2.75) is 18.4 Å². The van der Waals surface area contributed by atoms with E-state index in [0.29, 0.717) is 18.2 Å². The number of aromatic nitrogens is 2. The molecule has 3 aromatic carbocycles. The first-order valence-corrected chi connectivity index (χ1v) is 10.4. The molecule has 1 aromatic heterocycles. The van der Waals surface area contributed by atoms with E-state index in [9.17, 15) is 8.42 Å². The molecule has 1 heterocycles. The molecule has 3 N–H and O–H groups in total. The molecule has 0 aliphatic rings. The van der Waals surface area contributed by atoms with Gasteiger partial charge in [-0.15, -0.1) is 0 Å². The van der Waals surface area contributed by atoms with Crippen molar-refractivity contribution in [1.82, 2.24) is 9.97 Å². The number of H-pyrrole nitrogens is 1. The van der Waals surface area contributed by atoms with Crippen molar-refractivity contribution < 1.29 is 8.42 Å². The second-order valence-electron chi connectivity index (χ2n) is 6.53. The summed E-state index contributed by atoms with van der Waals surface area (Å²) in [6, 6.07) is 21.8. The van der Waals surface area contributed by atoms with Gasteiger partial charge in [-0.1, -0.05) is 48.0 Å². The number of benzene rings is 3. The minimum Gasteiger partial charge on any atom is -0.352 e. The monoisotopic (exact) mass is 392 g/mol. The van der Waals surface area contributed by atoms with Crippen LogP contribution < -0.4 is 10.0 Å². The zero-order valence-electron chi connectivity index (χ0n) is 15.3. The Kier molecular flexibility index (Phi) is 4.75. The summed E-state index contributed by atoms with van der Waals surface area (Å²) in [5.74, 6) is 0.636. The Balaban J connectivity index is 1.54. The zero-order chi connectivity index (χ0) is 19.6. The summed E-state index contributed by atoms with van der Waals surface area (Å²) < 4.78 is 28.1. The summed E-state index contributed by atoms with van der Waals surface area (Å²) in [6.45, 7) is 2.34. The highest BCUT2D eigenvalue weighted by Crippen LogP contribution is 2.22. The highest BCUT2D eigenvalue weighted by atomic mass is 32.2. The van der Waals surface area contributed by atoms with Gasteiger partial charge in [-0.25, -0.2) is 13.4 Å². The molecule has 4 aromatic rings. The van der Waals surface area contributed by atoms with Gasteiger partial charge in [0, 0.05) is 6.54 Å². The number of anilines is 2. The maximum Gasteiger partial charge on any atom is 0.261 e. The minimum atomic E-state index is -3.66. The predicted octanol–water partition coefficient (Wildman–Crippen LogP) is 4.28. The highest BCUT2D eigenvalue weighted by molar-refractivity contribution is 7.92. The molecular formula is C21H20N4O2S. The molecule has 0 amide bonds. The van der Waals surface area contributed by atoms with E-state index in [4.69, 9.17) is 0 Å². The van der Waals surface area contributed by atoms with Crippen LogP contribution in [0.3, 0.4) is 0 Å². The molecule has 0 atom stereocenters. The van der Waals surface area contributed by atoms with Crippen LogP contribution >= 0.6 is 0 Å². The number of aryl methyl sites for hydroxylation is 1. The normalized spacial score (nSPS) is 11.5.